The van der Waals surface area contributed by atoms with E-state index in [0.29, 0.717) is 0 Å². The van der Waals surface area contributed by atoms with Crippen LogP contribution in [-0.4, -0.2) is 10.3 Å². The van der Waals surface area contributed by atoms with Crippen LogP contribution in [0.3, 0.4) is 0 Å². The third-order valence-electron chi connectivity index (χ3n) is 4.99. The molecule has 2 aliphatic rings. The van der Waals surface area contributed by atoms with Crippen molar-refractivity contribution in [1.82, 2.24) is 4.57 Å². The van der Waals surface area contributed by atoms with Gasteiger partial charge >= 0.3 is 0 Å². The zero-order chi connectivity index (χ0) is 13.3. The van der Waals surface area contributed by atoms with Crippen molar-refractivity contribution in [3.8, 4) is 0 Å². The predicted molar refractivity (Wildman–Crippen MR) is 82.1 cm³/mol. The maximum atomic E-state index is 12.2. The minimum atomic E-state index is 0.187. The lowest BCUT2D eigenvalue weighted by molar-refractivity contribution is 0.186. The van der Waals surface area contributed by atoms with Crippen LogP contribution in [0.2, 0.25) is 0 Å². The molecule has 3 heteroatoms. The maximum absolute atomic E-state index is 12.2. The first-order valence-electron chi connectivity index (χ1n) is 7.57. The normalized spacial score (nSPS) is 21.3. The van der Waals surface area contributed by atoms with E-state index in [1.807, 2.05) is 6.07 Å². The fourth-order valence-electron chi connectivity index (χ4n) is 3.81. The molecule has 0 aromatic carbocycles. The van der Waals surface area contributed by atoms with Gasteiger partial charge in [0.15, 0.2) is 0 Å². The first-order chi connectivity index (χ1) is 9.24. The molecule has 1 heterocycles. The highest BCUT2D eigenvalue weighted by Gasteiger charge is 2.32. The summed E-state index contributed by atoms with van der Waals surface area (Å²) in [7, 11) is 0. The van der Waals surface area contributed by atoms with Crippen molar-refractivity contribution < 1.29 is 0 Å². The quantitative estimate of drug-likeness (QED) is 0.842. The zero-order valence-electron chi connectivity index (χ0n) is 11.5. The highest BCUT2D eigenvalue weighted by molar-refractivity contribution is 7.80. The van der Waals surface area contributed by atoms with Crippen LogP contribution in [0.5, 0.6) is 0 Å². The first kappa shape index (κ1) is 13.3. The Morgan fingerprint density at radius 2 is 1.89 bits per heavy atom. The van der Waals surface area contributed by atoms with E-state index in [1.165, 1.54) is 49.8 Å². The Kier molecular flexibility index (Phi) is 3.75. The number of pyridine rings is 1. The van der Waals surface area contributed by atoms with Gasteiger partial charge in [0.1, 0.15) is 0 Å². The van der Waals surface area contributed by atoms with Gasteiger partial charge in [0.2, 0.25) is 0 Å². The summed E-state index contributed by atoms with van der Waals surface area (Å²) in [5, 5.41) is 0. The highest BCUT2D eigenvalue weighted by Crippen LogP contribution is 2.39. The molecule has 3 rings (SSSR count). The van der Waals surface area contributed by atoms with Crippen LogP contribution in [0, 0.1) is 5.41 Å². The second-order valence-electron chi connectivity index (χ2n) is 6.30. The molecule has 0 radical (unpaired) electrons. The van der Waals surface area contributed by atoms with Gasteiger partial charge in [-0.25, -0.2) is 0 Å². The minimum Gasteiger partial charge on any atom is -0.312 e. The lowest BCUT2D eigenvalue weighted by Gasteiger charge is -2.37. The summed E-state index contributed by atoms with van der Waals surface area (Å²) < 4.78 is 2.07. The molecular formula is C16H23NOS. The van der Waals surface area contributed by atoms with Crippen molar-refractivity contribution in [1.29, 1.82) is 0 Å². The van der Waals surface area contributed by atoms with E-state index in [9.17, 15) is 4.79 Å². The largest absolute Gasteiger partial charge is 0.312 e. The van der Waals surface area contributed by atoms with Crippen molar-refractivity contribution in [2.75, 3.05) is 5.75 Å². The monoisotopic (exact) mass is 277 g/mol. The van der Waals surface area contributed by atoms with Crippen LogP contribution in [-0.2, 0) is 19.4 Å². The van der Waals surface area contributed by atoms with Gasteiger partial charge in [-0.3, -0.25) is 4.79 Å². The Balaban J connectivity index is 1.94. The molecule has 0 atom stereocenters. The summed E-state index contributed by atoms with van der Waals surface area (Å²) in [6.45, 7) is 0.887. The van der Waals surface area contributed by atoms with Crippen molar-refractivity contribution >= 4 is 12.6 Å². The first-order valence-corrected chi connectivity index (χ1v) is 8.20. The fourth-order valence-corrected chi connectivity index (χ4v) is 4.23. The Morgan fingerprint density at radius 1 is 1.11 bits per heavy atom. The van der Waals surface area contributed by atoms with Crippen molar-refractivity contribution in [2.45, 2.75) is 57.9 Å². The van der Waals surface area contributed by atoms with Crippen molar-refractivity contribution in [3.63, 3.8) is 0 Å². The molecule has 19 heavy (non-hydrogen) atoms. The number of fused-ring (bicyclic) bond motifs is 1. The van der Waals surface area contributed by atoms with Gasteiger partial charge in [-0.05, 0) is 48.8 Å². The smallest absolute Gasteiger partial charge is 0.250 e. The SMILES string of the molecule is O=c1ccc2c(n1CC1(CS)CCCCC1)CCC2. The Labute approximate surface area is 120 Å². The van der Waals surface area contributed by atoms with E-state index in [-0.39, 0.29) is 11.0 Å². The maximum Gasteiger partial charge on any atom is 0.250 e. The molecule has 0 amide bonds. The summed E-state index contributed by atoms with van der Waals surface area (Å²) in [6.07, 6.45) is 9.81. The lowest BCUT2D eigenvalue weighted by Crippen LogP contribution is -2.36. The highest BCUT2D eigenvalue weighted by atomic mass is 32.1. The number of hydrogen-bond donors (Lipinski definition) is 1. The summed E-state index contributed by atoms with van der Waals surface area (Å²) >= 11 is 4.60. The molecule has 2 nitrogen and oxygen atoms in total. The topological polar surface area (TPSA) is 22.0 Å². The Morgan fingerprint density at radius 3 is 2.63 bits per heavy atom. The van der Waals surface area contributed by atoms with Gasteiger partial charge in [0.25, 0.3) is 5.56 Å². The zero-order valence-corrected chi connectivity index (χ0v) is 12.4. The van der Waals surface area contributed by atoms with Gasteiger partial charge < -0.3 is 4.57 Å². The molecule has 1 aromatic rings. The van der Waals surface area contributed by atoms with E-state index in [0.717, 1.165) is 25.1 Å². The molecule has 1 saturated carbocycles. The lowest BCUT2D eigenvalue weighted by atomic mass is 9.75. The van der Waals surface area contributed by atoms with E-state index in [4.69, 9.17) is 0 Å². The molecule has 1 fully saturated rings. The summed E-state index contributed by atoms with van der Waals surface area (Å²) in [5.41, 5.74) is 3.14. The standard InChI is InChI=1S/C16H23NOS/c18-15-8-7-13-5-4-6-14(13)17(15)11-16(12-19)9-2-1-3-10-16/h7-8,19H,1-6,9-12H2. The predicted octanol–water partition coefficient (Wildman–Crippen LogP) is 3.22. The van der Waals surface area contributed by atoms with Crippen molar-refractivity contribution in [2.24, 2.45) is 5.41 Å². The molecule has 0 unspecified atom stereocenters. The fraction of sp³-hybridized carbons (Fsp3) is 0.688. The number of aromatic nitrogens is 1. The number of aryl methyl sites for hydroxylation is 1. The molecule has 0 saturated heterocycles. The van der Waals surface area contributed by atoms with Gasteiger partial charge in [-0.1, -0.05) is 25.3 Å². The Hall–Kier alpha value is -0.700. The van der Waals surface area contributed by atoms with Crippen LogP contribution in [0.1, 0.15) is 49.8 Å². The van der Waals surface area contributed by atoms with E-state index in [1.54, 1.807) is 6.07 Å². The average Bonchev–Trinajstić information content (AvgIpc) is 2.92. The molecule has 2 aliphatic carbocycles. The van der Waals surface area contributed by atoms with Gasteiger partial charge in [0.05, 0.1) is 0 Å². The third kappa shape index (κ3) is 2.49. The second-order valence-corrected chi connectivity index (χ2v) is 6.62. The van der Waals surface area contributed by atoms with Crippen LogP contribution in [0.25, 0.3) is 0 Å². The van der Waals surface area contributed by atoms with Crippen molar-refractivity contribution in [3.05, 3.63) is 33.7 Å². The third-order valence-corrected chi connectivity index (χ3v) is 5.66. The van der Waals surface area contributed by atoms with Crippen LogP contribution < -0.4 is 5.56 Å². The van der Waals surface area contributed by atoms with Gasteiger partial charge in [-0.15, -0.1) is 0 Å². The number of nitrogens with zero attached hydrogens (tertiary/aromatic N) is 1. The second kappa shape index (κ2) is 5.35. The number of thiol groups is 1. The Bertz CT molecular complexity index is 514. The van der Waals surface area contributed by atoms with Crippen LogP contribution in [0.15, 0.2) is 16.9 Å². The van der Waals surface area contributed by atoms with Gasteiger partial charge in [-0.2, -0.15) is 12.6 Å². The molecular weight excluding hydrogens is 254 g/mol. The molecule has 1 aromatic heterocycles. The van der Waals surface area contributed by atoms with E-state index >= 15 is 0 Å². The average molecular weight is 277 g/mol. The molecule has 0 bridgehead atoms. The van der Waals surface area contributed by atoms with Gasteiger partial charge in [0, 0.05) is 18.3 Å². The molecule has 0 N–H and O–H groups in total. The van der Waals surface area contributed by atoms with E-state index < -0.39 is 0 Å². The van der Waals surface area contributed by atoms with Crippen LogP contribution in [0.4, 0.5) is 0 Å². The molecule has 0 spiro atoms. The minimum absolute atomic E-state index is 0.187. The number of hydrogen-bond acceptors (Lipinski definition) is 2. The molecule has 104 valence electrons. The van der Waals surface area contributed by atoms with Crippen LogP contribution >= 0.6 is 12.6 Å². The summed E-state index contributed by atoms with van der Waals surface area (Å²) in [6, 6.07) is 3.80. The summed E-state index contributed by atoms with van der Waals surface area (Å²) in [5.74, 6) is 0.906. The summed E-state index contributed by atoms with van der Waals surface area (Å²) in [4.78, 5) is 12.2. The number of rotatable bonds is 3. The van der Waals surface area contributed by atoms with E-state index in [2.05, 4.69) is 17.2 Å². The molecule has 0 aliphatic heterocycles.